The Morgan fingerprint density at radius 2 is 1.32 bits per heavy atom. The van der Waals surface area contributed by atoms with E-state index in [1.165, 1.54) is 50.5 Å². The molecule has 0 radical (unpaired) electrons. The Morgan fingerprint density at radius 1 is 0.789 bits per heavy atom. The van der Waals surface area contributed by atoms with Crippen LogP contribution in [0.2, 0.25) is 0 Å². The summed E-state index contributed by atoms with van der Waals surface area (Å²) in [7, 11) is 3.45. The van der Waals surface area contributed by atoms with E-state index in [0.29, 0.717) is 0 Å². The summed E-state index contributed by atoms with van der Waals surface area (Å²) >= 11 is 0. The van der Waals surface area contributed by atoms with Gasteiger partial charge in [-0.2, -0.15) is 0 Å². The van der Waals surface area contributed by atoms with Gasteiger partial charge in [0.2, 0.25) is 0 Å². The van der Waals surface area contributed by atoms with E-state index in [9.17, 15) is 0 Å². The number of hydrogen-bond donors (Lipinski definition) is 0. The first-order chi connectivity index (χ1) is 9.33. The highest BCUT2D eigenvalue weighted by Gasteiger charge is 2.08. The molecule has 0 aliphatic carbocycles. The van der Waals surface area contributed by atoms with Crippen molar-refractivity contribution in [2.24, 2.45) is 0 Å². The number of benzene rings is 1. The molecular weight excluding hydrogens is 236 g/mol. The molecule has 1 rings (SSSR count). The highest BCUT2D eigenvalue weighted by atomic mass is 16.5. The first-order valence-electron chi connectivity index (χ1n) is 7.53. The van der Waals surface area contributed by atoms with Gasteiger partial charge in [0, 0.05) is 5.56 Å². The molecule has 0 fully saturated rings. The molecule has 0 atom stereocenters. The molecule has 108 valence electrons. The first kappa shape index (κ1) is 15.9. The van der Waals surface area contributed by atoms with Crippen LogP contribution < -0.4 is 9.47 Å². The van der Waals surface area contributed by atoms with E-state index >= 15 is 0 Å². The van der Waals surface area contributed by atoms with Crippen molar-refractivity contribution < 1.29 is 9.47 Å². The minimum absolute atomic E-state index is 0.949. The van der Waals surface area contributed by atoms with Crippen molar-refractivity contribution in [2.75, 3.05) is 14.2 Å². The van der Waals surface area contributed by atoms with Crippen LogP contribution in [0.3, 0.4) is 0 Å². The summed E-state index contributed by atoms with van der Waals surface area (Å²) in [5.41, 5.74) is 1.21. The van der Waals surface area contributed by atoms with Crippen LogP contribution in [-0.4, -0.2) is 14.2 Å². The molecule has 0 amide bonds. The molecule has 0 aliphatic heterocycles. The van der Waals surface area contributed by atoms with Crippen LogP contribution in [0.15, 0.2) is 18.2 Å². The fraction of sp³-hybridized carbons (Fsp3) is 0.647. The first-order valence-corrected chi connectivity index (χ1v) is 7.53. The zero-order valence-electron chi connectivity index (χ0n) is 12.7. The average Bonchev–Trinajstić information content (AvgIpc) is 2.46. The van der Waals surface area contributed by atoms with E-state index in [1.54, 1.807) is 14.2 Å². The van der Waals surface area contributed by atoms with Crippen LogP contribution in [0.4, 0.5) is 0 Å². The van der Waals surface area contributed by atoms with E-state index in [-0.39, 0.29) is 0 Å². The van der Waals surface area contributed by atoms with Gasteiger partial charge in [0.05, 0.1) is 14.2 Å². The fourth-order valence-corrected chi connectivity index (χ4v) is 2.43. The summed E-state index contributed by atoms with van der Waals surface area (Å²) in [4.78, 5) is 0. The second-order valence-electron chi connectivity index (χ2n) is 5.01. The number of rotatable bonds is 10. The van der Waals surface area contributed by atoms with E-state index in [1.807, 2.05) is 18.2 Å². The minimum Gasteiger partial charge on any atom is -0.496 e. The molecule has 19 heavy (non-hydrogen) atoms. The lowest BCUT2D eigenvalue weighted by Crippen LogP contribution is -1.97. The maximum Gasteiger partial charge on any atom is 0.125 e. The standard InChI is InChI=1S/C17H28O2/c1-4-5-6-7-8-9-10-12-15-16(18-2)13-11-14-17(15)19-3/h11,13-14H,4-10,12H2,1-3H3. The van der Waals surface area contributed by atoms with Gasteiger partial charge in [-0.3, -0.25) is 0 Å². The summed E-state index contributed by atoms with van der Waals surface area (Å²) in [5.74, 6) is 1.90. The molecule has 0 heterocycles. The van der Waals surface area contributed by atoms with Crippen LogP contribution >= 0.6 is 0 Å². The highest BCUT2D eigenvalue weighted by Crippen LogP contribution is 2.29. The predicted molar refractivity (Wildman–Crippen MR) is 81.2 cm³/mol. The van der Waals surface area contributed by atoms with E-state index in [0.717, 1.165) is 17.9 Å². The number of hydrogen-bond acceptors (Lipinski definition) is 2. The van der Waals surface area contributed by atoms with E-state index in [4.69, 9.17) is 9.47 Å². The second kappa shape index (κ2) is 9.71. The Labute approximate surface area is 118 Å². The normalized spacial score (nSPS) is 10.5. The van der Waals surface area contributed by atoms with Gasteiger partial charge in [0.1, 0.15) is 11.5 Å². The van der Waals surface area contributed by atoms with Crippen molar-refractivity contribution in [1.29, 1.82) is 0 Å². The minimum atomic E-state index is 0.949. The zero-order chi connectivity index (χ0) is 13.9. The third-order valence-corrected chi connectivity index (χ3v) is 3.56. The summed E-state index contributed by atoms with van der Waals surface area (Å²) in [6, 6.07) is 6.00. The largest absolute Gasteiger partial charge is 0.496 e. The smallest absolute Gasteiger partial charge is 0.125 e. The van der Waals surface area contributed by atoms with E-state index < -0.39 is 0 Å². The number of ether oxygens (including phenoxy) is 2. The van der Waals surface area contributed by atoms with Crippen molar-refractivity contribution in [3.05, 3.63) is 23.8 Å². The zero-order valence-corrected chi connectivity index (χ0v) is 12.7. The van der Waals surface area contributed by atoms with Gasteiger partial charge in [0.25, 0.3) is 0 Å². The van der Waals surface area contributed by atoms with Gasteiger partial charge in [-0.15, -0.1) is 0 Å². The molecule has 0 bridgehead atoms. The number of methoxy groups -OCH3 is 2. The Balaban J connectivity index is 2.35. The van der Waals surface area contributed by atoms with Crippen LogP contribution in [0, 0.1) is 0 Å². The average molecular weight is 264 g/mol. The highest BCUT2D eigenvalue weighted by molar-refractivity contribution is 5.44. The van der Waals surface area contributed by atoms with Crippen LogP contribution in [-0.2, 0) is 6.42 Å². The van der Waals surface area contributed by atoms with Gasteiger partial charge in [-0.1, -0.05) is 51.5 Å². The van der Waals surface area contributed by atoms with Crippen LogP contribution in [0.1, 0.15) is 57.4 Å². The molecule has 0 aliphatic rings. The molecule has 1 aromatic carbocycles. The Hall–Kier alpha value is -1.18. The molecule has 0 unspecified atom stereocenters. The molecular formula is C17H28O2. The maximum atomic E-state index is 5.42. The van der Waals surface area contributed by atoms with Crippen molar-refractivity contribution in [3.8, 4) is 11.5 Å². The molecule has 0 saturated heterocycles. The van der Waals surface area contributed by atoms with Crippen LogP contribution in [0.25, 0.3) is 0 Å². The topological polar surface area (TPSA) is 18.5 Å². The lowest BCUT2D eigenvalue weighted by Gasteiger charge is -2.12. The summed E-state index contributed by atoms with van der Waals surface area (Å²) in [6.07, 6.45) is 10.3. The summed E-state index contributed by atoms with van der Waals surface area (Å²) in [6.45, 7) is 2.26. The third-order valence-electron chi connectivity index (χ3n) is 3.56. The fourth-order valence-electron chi connectivity index (χ4n) is 2.43. The van der Waals surface area contributed by atoms with Crippen molar-refractivity contribution in [2.45, 2.75) is 58.3 Å². The van der Waals surface area contributed by atoms with Crippen molar-refractivity contribution in [1.82, 2.24) is 0 Å². The molecule has 0 saturated carbocycles. The SMILES string of the molecule is CCCCCCCCCc1c(OC)cccc1OC. The van der Waals surface area contributed by atoms with Crippen molar-refractivity contribution >= 4 is 0 Å². The molecule has 2 nitrogen and oxygen atoms in total. The van der Waals surface area contributed by atoms with Gasteiger partial charge in [-0.25, -0.2) is 0 Å². The Bertz CT molecular complexity index is 325. The van der Waals surface area contributed by atoms with Gasteiger partial charge in [-0.05, 0) is 25.0 Å². The molecule has 0 aromatic heterocycles. The van der Waals surface area contributed by atoms with Gasteiger partial charge >= 0.3 is 0 Å². The monoisotopic (exact) mass is 264 g/mol. The number of unbranched alkanes of at least 4 members (excludes halogenated alkanes) is 6. The van der Waals surface area contributed by atoms with Crippen LogP contribution in [0.5, 0.6) is 11.5 Å². The summed E-state index contributed by atoms with van der Waals surface area (Å²) < 4.78 is 10.8. The predicted octanol–water partition coefficient (Wildman–Crippen LogP) is 5.00. The molecule has 0 N–H and O–H groups in total. The molecule has 1 aromatic rings. The summed E-state index contributed by atoms with van der Waals surface area (Å²) in [5, 5.41) is 0. The maximum absolute atomic E-state index is 5.42. The lowest BCUT2D eigenvalue weighted by atomic mass is 10.0. The quantitative estimate of drug-likeness (QED) is 0.554. The third kappa shape index (κ3) is 5.54. The van der Waals surface area contributed by atoms with Gasteiger partial charge < -0.3 is 9.47 Å². The Kier molecular flexibility index (Phi) is 8.11. The second-order valence-corrected chi connectivity index (χ2v) is 5.01. The molecule has 2 heteroatoms. The Morgan fingerprint density at radius 3 is 1.84 bits per heavy atom. The van der Waals surface area contributed by atoms with Gasteiger partial charge in [0.15, 0.2) is 0 Å². The lowest BCUT2D eigenvalue weighted by molar-refractivity contribution is 0.384. The van der Waals surface area contributed by atoms with E-state index in [2.05, 4.69) is 6.92 Å². The van der Waals surface area contributed by atoms with Crippen molar-refractivity contribution in [3.63, 3.8) is 0 Å². The molecule has 0 spiro atoms.